The zero-order valence-corrected chi connectivity index (χ0v) is 16.9. The summed E-state index contributed by atoms with van der Waals surface area (Å²) in [6.45, 7) is 3.43. The Morgan fingerprint density at radius 3 is 2.43 bits per heavy atom. The minimum atomic E-state index is -1.37. The highest BCUT2D eigenvalue weighted by molar-refractivity contribution is 6.35. The molecule has 0 saturated carbocycles. The van der Waals surface area contributed by atoms with Gasteiger partial charge in [-0.25, -0.2) is 4.79 Å². The Bertz CT molecular complexity index is 936. The highest BCUT2D eigenvalue weighted by atomic mass is 35.5. The van der Waals surface area contributed by atoms with Crippen molar-refractivity contribution in [2.75, 3.05) is 18.0 Å². The predicted molar refractivity (Wildman–Crippen MR) is 109 cm³/mol. The van der Waals surface area contributed by atoms with E-state index in [1.54, 1.807) is 31.2 Å². The number of benzene rings is 2. The normalized spacial score (nSPS) is 18.9. The summed E-state index contributed by atoms with van der Waals surface area (Å²) in [5.74, 6) is -0.900. The lowest BCUT2D eigenvalue weighted by atomic mass is 9.92. The fourth-order valence-electron chi connectivity index (χ4n) is 3.25. The zero-order valence-electron chi connectivity index (χ0n) is 15.4. The molecule has 8 heteroatoms. The van der Waals surface area contributed by atoms with Crippen molar-refractivity contribution in [3.8, 4) is 0 Å². The molecule has 1 saturated heterocycles. The molecule has 2 aromatic rings. The molecule has 3 rings (SSSR count). The van der Waals surface area contributed by atoms with Crippen LogP contribution in [0.15, 0.2) is 48.5 Å². The first kappa shape index (κ1) is 20.2. The molecule has 6 nitrogen and oxygen atoms in total. The van der Waals surface area contributed by atoms with Gasteiger partial charge in [0.15, 0.2) is 0 Å². The number of imide groups is 1. The van der Waals surface area contributed by atoms with Gasteiger partial charge in [0, 0.05) is 27.8 Å². The quantitative estimate of drug-likeness (QED) is 0.748. The Morgan fingerprint density at radius 2 is 1.82 bits per heavy atom. The van der Waals surface area contributed by atoms with Crippen LogP contribution in [0.4, 0.5) is 10.5 Å². The molecule has 0 aromatic heterocycles. The Balaban J connectivity index is 1.85. The number of nitrogens with zero attached hydrogens (tertiary/aromatic N) is 2. The lowest BCUT2D eigenvalue weighted by Gasteiger charge is -2.25. The van der Waals surface area contributed by atoms with Crippen molar-refractivity contribution in [2.24, 2.45) is 0 Å². The van der Waals surface area contributed by atoms with Crippen LogP contribution in [0.1, 0.15) is 19.4 Å². The summed E-state index contributed by atoms with van der Waals surface area (Å²) in [5, 5.41) is 3.33. The molecule has 0 spiro atoms. The summed E-state index contributed by atoms with van der Waals surface area (Å²) >= 11 is 12.2. The number of hydrogen-bond acceptors (Lipinski definition) is 3. The average molecular weight is 420 g/mol. The number of carbonyl (C=O) groups excluding carboxylic acids is 3. The molecule has 1 N–H and O–H groups in total. The number of rotatable bonds is 5. The van der Waals surface area contributed by atoms with E-state index >= 15 is 0 Å². The molecule has 28 heavy (non-hydrogen) atoms. The van der Waals surface area contributed by atoms with Crippen LogP contribution in [0.25, 0.3) is 0 Å². The number of halogens is 2. The molecular formula is C20H19Cl2N3O3. The number of para-hydroxylation sites is 1. The number of amides is 4. The summed E-state index contributed by atoms with van der Waals surface area (Å²) in [4.78, 5) is 40.8. The van der Waals surface area contributed by atoms with Gasteiger partial charge in [-0.3, -0.25) is 14.5 Å². The summed E-state index contributed by atoms with van der Waals surface area (Å²) in [6, 6.07) is 13.1. The highest BCUT2D eigenvalue weighted by Crippen LogP contribution is 2.35. The van der Waals surface area contributed by atoms with Crippen LogP contribution in [0.5, 0.6) is 0 Å². The van der Waals surface area contributed by atoms with Gasteiger partial charge in [0.25, 0.3) is 5.91 Å². The van der Waals surface area contributed by atoms with Crippen molar-refractivity contribution >= 4 is 46.7 Å². The molecule has 1 aliphatic heterocycles. The summed E-state index contributed by atoms with van der Waals surface area (Å²) in [6.07, 6.45) is 0. The molecule has 1 heterocycles. The van der Waals surface area contributed by atoms with E-state index in [1.807, 2.05) is 25.1 Å². The Labute approximate surface area is 173 Å². The Kier molecular flexibility index (Phi) is 5.63. The molecule has 1 fully saturated rings. The molecule has 0 radical (unpaired) electrons. The van der Waals surface area contributed by atoms with Gasteiger partial charge in [-0.2, -0.15) is 0 Å². The standard InChI is InChI=1S/C20H19Cl2N3O3/c1-3-24(14-7-5-4-6-8-14)17(26)12-25-18(27)20(2,23-19(25)28)15-10-9-13(21)11-16(15)22/h4-11H,3,12H2,1-2H3,(H,23,28)/t20-/m1/s1. The van der Waals surface area contributed by atoms with Crippen LogP contribution in [0.3, 0.4) is 0 Å². The highest BCUT2D eigenvalue weighted by Gasteiger charge is 2.50. The van der Waals surface area contributed by atoms with Crippen LogP contribution in [-0.4, -0.2) is 35.8 Å². The van der Waals surface area contributed by atoms with E-state index < -0.39 is 17.5 Å². The second kappa shape index (κ2) is 7.81. The zero-order chi connectivity index (χ0) is 20.5. The topological polar surface area (TPSA) is 69.7 Å². The molecule has 0 bridgehead atoms. The number of carbonyl (C=O) groups is 3. The van der Waals surface area contributed by atoms with Crippen LogP contribution in [0, 0.1) is 0 Å². The van der Waals surface area contributed by atoms with E-state index in [2.05, 4.69) is 5.32 Å². The van der Waals surface area contributed by atoms with Crippen molar-refractivity contribution < 1.29 is 14.4 Å². The second-order valence-corrected chi connectivity index (χ2v) is 7.39. The maximum Gasteiger partial charge on any atom is 0.325 e. The van der Waals surface area contributed by atoms with Crippen molar-refractivity contribution in [2.45, 2.75) is 19.4 Å². The second-order valence-electron chi connectivity index (χ2n) is 6.54. The van der Waals surface area contributed by atoms with Gasteiger partial charge in [-0.15, -0.1) is 0 Å². The third-order valence-electron chi connectivity index (χ3n) is 4.72. The van der Waals surface area contributed by atoms with Gasteiger partial charge in [-0.05, 0) is 38.1 Å². The van der Waals surface area contributed by atoms with E-state index in [-0.39, 0.29) is 17.5 Å². The summed E-state index contributed by atoms with van der Waals surface area (Å²) < 4.78 is 0. The molecule has 0 aliphatic carbocycles. The molecule has 1 atom stereocenters. The maximum absolute atomic E-state index is 13.0. The number of nitrogens with one attached hydrogen (secondary N) is 1. The SMILES string of the molecule is CCN(C(=O)CN1C(=O)N[C@](C)(c2ccc(Cl)cc2Cl)C1=O)c1ccccc1. The van der Waals surface area contributed by atoms with Gasteiger partial charge in [0.05, 0.1) is 0 Å². The fraction of sp³-hybridized carbons (Fsp3) is 0.250. The van der Waals surface area contributed by atoms with E-state index in [4.69, 9.17) is 23.2 Å². The van der Waals surface area contributed by atoms with E-state index in [9.17, 15) is 14.4 Å². The van der Waals surface area contributed by atoms with Crippen LogP contribution < -0.4 is 10.2 Å². The summed E-state index contributed by atoms with van der Waals surface area (Å²) in [7, 11) is 0. The predicted octanol–water partition coefficient (Wildman–Crippen LogP) is 3.81. The molecule has 0 unspecified atom stereocenters. The van der Waals surface area contributed by atoms with Crippen LogP contribution in [-0.2, 0) is 15.1 Å². The van der Waals surface area contributed by atoms with Crippen molar-refractivity contribution in [3.05, 3.63) is 64.1 Å². The van der Waals surface area contributed by atoms with E-state index in [0.717, 1.165) is 4.90 Å². The first-order chi connectivity index (χ1) is 13.3. The molecule has 1 aliphatic rings. The Morgan fingerprint density at radius 1 is 1.14 bits per heavy atom. The van der Waals surface area contributed by atoms with Crippen molar-refractivity contribution in [1.29, 1.82) is 0 Å². The number of likely N-dealkylation sites (N-methyl/N-ethyl adjacent to an activating group) is 1. The van der Waals surface area contributed by atoms with Crippen molar-refractivity contribution in [3.63, 3.8) is 0 Å². The van der Waals surface area contributed by atoms with Crippen molar-refractivity contribution in [1.82, 2.24) is 10.2 Å². The largest absolute Gasteiger partial charge is 0.325 e. The average Bonchev–Trinajstić information content (AvgIpc) is 2.87. The fourth-order valence-corrected chi connectivity index (χ4v) is 3.85. The first-order valence-electron chi connectivity index (χ1n) is 8.73. The first-order valence-corrected chi connectivity index (χ1v) is 9.48. The lowest BCUT2D eigenvalue weighted by molar-refractivity contribution is -0.134. The monoisotopic (exact) mass is 419 g/mol. The molecule has 2 aromatic carbocycles. The number of hydrogen-bond donors (Lipinski definition) is 1. The third-order valence-corrected chi connectivity index (χ3v) is 5.27. The third kappa shape index (κ3) is 3.57. The minimum Gasteiger partial charge on any atom is -0.319 e. The number of urea groups is 1. The van der Waals surface area contributed by atoms with Gasteiger partial charge in [0.2, 0.25) is 5.91 Å². The Hall–Kier alpha value is -2.57. The van der Waals surface area contributed by atoms with Gasteiger partial charge in [-0.1, -0.05) is 47.5 Å². The lowest BCUT2D eigenvalue weighted by Crippen LogP contribution is -2.44. The van der Waals surface area contributed by atoms with Crippen LogP contribution in [0.2, 0.25) is 10.0 Å². The van der Waals surface area contributed by atoms with E-state index in [1.165, 1.54) is 11.0 Å². The summed E-state index contributed by atoms with van der Waals surface area (Å²) in [5.41, 5.74) is -0.254. The van der Waals surface area contributed by atoms with Gasteiger partial charge < -0.3 is 10.2 Å². The van der Waals surface area contributed by atoms with E-state index in [0.29, 0.717) is 22.8 Å². The van der Waals surface area contributed by atoms with Crippen LogP contribution >= 0.6 is 23.2 Å². The molecule has 4 amide bonds. The molecular weight excluding hydrogens is 401 g/mol. The van der Waals surface area contributed by atoms with Gasteiger partial charge in [0.1, 0.15) is 12.1 Å². The minimum absolute atomic E-state index is 0.260. The number of anilines is 1. The maximum atomic E-state index is 13.0. The molecule has 146 valence electrons. The van der Waals surface area contributed by atoms with Gasteiger partial charge >= 0.3 is 6.03 Å². The smallest absolute Gasteiger partial charge is 0.319 e.